The summed E-state index contributed by atoms with van der Waals surface area (Å²) in [5.74, 6) is -0.552. The molecular formula is C16H13FN4O2. The molecule has 23 heavy (non-hydrogen) atoms. The van der Waals surface area contributed by atoms with Gasteiger partial charge in [-0.3, -0.25) is 0 Å². The summed E-state index contributed by atoms with van der Waals surface area (Å²) in [5.41, 5.74) is 1.12. The van der Waals surface area contributed by atoms with Gasteiger partial charge in [0.1, 0.15) is 12.4 Å². The minimum absolute atomic E-state index is 0.133. The first-order valence-electron chi connectivity index (χ1n) is 6.94. The first kappa shape index (κ1) is 14.8. The molecule has 3 aromatic rings. The molecule has 0 aliphatic carbocycles. The van der Waals surface area contributed by atoms with Crippen LogP contribution in [0.5, 0.6) is 0 Å². The second-order valence-electron chi connectivity index (χ2n) is 4.76. The second-order valence-corrected chi connectivity index (χ2v) is 4.76. The lowest BCUT2D eigenvalue weighted by Gasteiger charge is -2.05. The minimum atomic E-state index is -0.565. The van der Waals surface area contributed by atoms with E-state index in [2.05, 4.69) is 15.4 Å². The van der Waals surface area contributed by atoms with Gasteiger partial charge >= 0.3 is 5.97 Å². The Hall–Kier alpha value is -3.09. The van der Waals surface area contributed by atoms with Gasteiger partial charge < -0.3 is 4.74 Å². The van der Waals surface area contributed by atoms with E-state index in [0.717, 1.165) is 10.4 Å². The predicted octanol–water partition coefficient (Wildman–Crippen LogP) is 2.22. The summed E-state index contributed by atoms with van der Waals surface area (Å²) in [6, 6.07) is 15.4. The zero-order chi connectivity index (χ0) is 16.1. The lowest BCUT2D eigenvalue weighted by Crippen LogP contribution is -2.16. The van der Waals surface area contributed by atoms with E-state index < -0.39 is 11.8 Å². The molecule has 0 fully saturated rings. The first-order valence-corrected chi connectivity index (χ1v) is 6.94. The Morgan fingerprint density at radius 2 is 1.83 bits per heavy atom. The third kappa shape index (κ3) is 3.76. The summed E-state index contributed by atoms with van der Waals surface area (Å²) in [4.78, 5) is 12.9. The van der Waals surface area contributed by atoms with Crippen molar-refractivity contribution >= 4 is 5.97 Å². The molecule has 0 saturated heterocycles. The normalized spacial score (nSPS) is 10.5. The Labute approximate surface area is 131 Å². The molecule has 1 heterocycles. The summed E-state index contributed by atoms with van der Waals surface area (Å²) < 4.78 is 18.4. The van der Waals surface area contributed by atoms with Gasteiger partial charge in [-0.25, -0.2) is 9.18 Å². The highest BCUT2D eigenvalue weighted by molar-refractivity contribution is 5.69. The van der Waals surface area contributed by atoms with Crippen LogP contribution < -0.4 is 0 Å². The number of aromatic nitrogens is 4. The summed E-state index contributed by atoms with van der Waals surface area (Å²) in [6.07, 6.45) is 0. The molecule has 3 rings (SSSR count). The molecule has 0 atom stereocenters. The van der Waals surface area contributed by atoms with Crippen LogP contribution in [0.15, 0.2) is 54.6 Å². The van der Waals surface area contributed by atoms with Crippen molar-refractivity contribution in [2.45, 2.75) is 13.2 Å². The maximum atomic E-state index is 13.4. The number of nitrogens with zero attached hydrogens (tertiary/aromatic N) is 4. The van der Waals surface area contributed by atoms with Gasteiger partial charge in [0.15, 0.2) is 6.54 Å². The molecule has 0 radical (unpaired) electrons. The van der Waals surface area contributed by atoms with E-state index in [9.17, 15) is 9.18 Å². The van der Waals surface area contributed by atoms with E-state index in [-0.39, 0.29) is 13.2 Å². The molecule has 0 unspecified atom stereocenters. The van der Waals surface area contributed by atoms with Crippen molar-refractivity contribution in [1.82, 2.24) is 20.2 Å². The lowest BCUT2D eigenvalue weighted by molar-refractivity contribution is -0.146. The van der Waals surface area contributed by atoms with Crippen LogP contribution in [0.25, 0.3) is 11.4 Å². The molecule has 0 spiro atoms. The molecule has 2 aromatic carbocycles. The van der Waals surface area contributed by atoms with E-state index >= 15 is 0 Å². The van der Waals surface area contributed by atoms with Gasteiger partial charge in [0.2, 0.25) is 5.82 Å². The highest BCUT2D eigenvalue weighted by Crippen LogP contribution is 2.12. The van der Waals surface area contributed by atoms with Crippen molar-refractivity contribution in [2.24, 2.45) is 0 Å². The van der Waals surface area contributed by atoms with Gasteiger partial charge in [-0.15, -0.1) is 10.2 Å². The van der Waals surface area contributed by atoms with E-state index in [1.165, 1.54) is 6.07 Å². The van der Waals surface area contributed by atoms with Gasteiger partial charge in [-0.2, -0.15) is 4.80 Å². The zero-order valence-corrected chi connectivity index (χ0v) is 12.1. The maximum absolute atomic E-state index is 13.4. The van der Waals surface area contributed by atoms with Crippen LogP contribution in [0.4, 0.5) is 4.39 Å². The minimum Gasteiger partial charge on any atom is -0.459 e. The number of hydrogen-bond donors (Lipinski definition) is 0. The Balaban J connectivity index is 1.58. The molecule has 116 valence electrons. The fraction of sp³-hybridized carbons (Fsp3) is 0.125. The fourth-order valence-electron chi connectivity index (χ4n) is 1.95. The summed E-state index contributed by atoms with van der Waals surface area (Å²) in [7, 11) is 0. The largest absolute Gasteiger partial charge is 0.459 e. The molecule has 0 N–H and O–H groups in total. The quantitative estimate of drug-likeness (QED) is 0.676. The maximum Gasteiger partial charge on any atom is 0.330 e. The van der Waals surface area contributed by atoms with Crippen LogP contribution in [0.3, 0.4) is 0 Å². The van der Waals surface area contributed by atoms with Crippen LogP contribution in [0.1, 0.15) is 5.56 Å². The number of halogens is 1. The highest BCUT2D eigenvalue weighted by atomic mass is 19.1. The monoisotopic (exact) mass is 312 g/mol. The molecule has 1 aromatic heterocycles. The van der Waals surface area contributed by atoms with Gasteiger partial charge in [-0.1, -0.05) is 48.5 Å². The Bertz CT molecular complexity index is 805. The number of rotatable bonds is 5. The second kappa shape index (κ2) is 6.78. The summed E-state index contributed by atoms with van der Waals surface area (Å²) >= 11 is 0. The predicted molar refractivity (Wildman–Crippen MR) is 79.4 cm³/mol. The fourth-order valence-corrected chi connectivity index (χ4v) is 1.95. The number of ether oxygens (including phenoxy) is 1. The van der Waals surface area contributed by atoms with Gasteiger partial charge in [0, 0.05) is 11.1 Å². The van der Waals surface area contributed by atoms with Gasteiger partial charge in [0.25, 0.3) is 0 Å². The van der Waals surface area contributed by atoms with Crippen molar-refractivity contribution in [3.05, 3.63) is 66.0 Å². The third-order valence-corrected chi connectivity index (χ3v) is 3.10. The molecule has 6 nitrogen and oxygen atoms in total. The Morgan fingerprint density at radius 3 is 2.61 bits per heavy atom. The number of esters is 1. The van der Waals surface area contributed by atoms with E-state index in [1.54, 1.807) is 18.2 Å². The third-order valence-electron chi connectivity index (χ3n) is 3.10. The molecular weight excluding hydrogens is 299 g/mol. The van der Waals surface area contributed by atoms with Crippen LogP contribution >= 0.6 is 0 Å². The number of hydrogen-bond acceptors (Lipinski definition) is 5. The summed E-state index contributed by atoms with van der Waals surface area (Å²) in [5, 5.41) is 11.8. The molecule has 0 amide bonds. The number of benzene rings is 2. The van der Waals surface area contributed by atoms with Crippen molar-refractivity contribution in [3.8, 4) is 11.4 Å². The van der Waals surface area contributed by atoms with Crippen molar-refractivity contribution in [1.29, 1.82) is 0 Å². The molecule has 0 bridgehead atoms. The standard InChI is InChI=1S/C16H13FN4O2/c17-14-9-5-4-8-13(14)11-23-15(22)10-21-19-16(18-20-21)12-6-2-1-3-7-12/h1-9H,10-11H2. The Morgan fingerprint density at radius 1 is 1.09 bits per heavy atom. The van der Waals surface area contributed by atoms with Crippen LogP contribution in [0.2, 0.25) is 0 Å². The van der Waals surface area contributed by atoms with Crippen LogP contribution in [0, 0.1) is 5.82 Å². The van der Waals surface area contributed by atoms with Crippen molar-refractivity contribution in [2.75, 3.05) is 0 Å². The van der Waals surface area contributed by atoms with Gasteiger partial charge in [-0.05, 0) is 11.3 Å². The smallest absolute Gasteiger partial charge is 0.330 e. The number of carbonyl (C=O) groups excluding carboxylic acids is 1. The molecule has 0 aliphatic rings. The average molecular weight is 312 g/mol. The topological polar surface area (TPSA) is 69.9 Å². The Kier molecular flexibility index (Phi) is 4.37. The first-order chi connectivity index (χ1) is 11.2. The van der Waals surface area contributed by atoms with Crippen molar-refractivity contribution < 1.29 is 13.9 Å². The zero-order valence-electron chi connectivity index (χ0n) is 12.1. The van der Waals surface area contributed by atoms with E-state index in [0.29, 0.717) is 11.4 Å². The van der Waals surface area contributed by atoms with Crippen LogP contribution in [-0.2, 0) is 22.7 Å². The van der Waals surface area contributed by atoms with Gasteiger partial charge in [0.05, 0.1) is 0 Å². The molecule has 0 saturated carbocycles. The highest BCUT2D eigenvalue weighted by Gasteiger charge is 2.11. The number of carbonyl (C=O) groups is 1. The van der Waals surface area contributed by atoms with E-state index in [4.69, 9.17) is 4.74 Å². The average Bonchev–Trinajstić information content (AvgIpc) is 3.03. The molecule has 7 heteroatoms. The summed E-state index contributed by atoms with van der Waals surface area (Å²) in [6.45, 7) is -0.319. The van der Waals surface area contributed by atoms with E-state index in [1.807, 2.05) is 30.3 Å². The lowest BCUT2D eigenvalue weighted by atomic mass is 10.2. The number of tetrazole rings is 1. The van der Waals surface area contributed by atoms with Crippen molar-refractivity contribution in [3.63, 3.8) is 0 Å². The molecule has 0 aliphatic heterocycles. The van der Waals surface area contributed by atoms with Crippen LogP contribution in [-0.4, -0.2) is 26.2 Å². The SMILES string of the molecule is O=C(Cn1nnc(-c2ccccc2)n1)OCc1ccccc1F.